The Morgan fingerprint density at radius 2 is 2.07 bits per heavy atom. The van der Waals surface area contributed by atoms with Gasteiger partial charge >= 0.3 is 0 Å². The Kier molecular flexibility index (Phi) is 2.78. The number of methoxy groups -OCH3 is 1. The van der Waals surface area contributed by atoms with E-state index in [-0.39, 0.29) is 0 Å². The Labute approximate surface area is 82.7 Å². The molecule has 0 saturated carbocycles. The van der Waals surface area contributed by atoms with Crippen molar-refractivity contribution in [3.63, 3.8) is 0 Å². The van der Waals surface area contributed by atoms with Crippen LogP contribution in [0.1, 0.15) is 0 Å². The zero-order valence-electron chi connectivity index (χ0n) is 8.14. The first kappa shape index (κ1) is 9.21. The molecule has 14 heavy (non-hydrogen) atoms. The van der Waals surface area contributed by atoms with E-state index in [1.54, 1.807) is 19.5 Å². The van der Waals surface area contributed by atoms with Crippen LogP contribution >= 0.6 is 0 Å². The molecule has 5 heteroatoms. The summed E-state index contributed by atoms with van der Waals surface area (Å²) in [5.41, 5.74) is 0. The third-order valence-corrected chi connectivity index (χ3v) is 2.16. The number of nitrogens with zero attached hydrogens (tertiary/aromatic N) is 3. The number of rotatable bonds is 2. The van der Waals surface area contributed by atoms with Crippen molar-refractivity contribution < 1.29 is 9.47 Å². The molecule has 0 radical (unpaired) electrons. The lowest BCUT2D eigenvalue weighted by atomic mass is 10.4. The van der Waals surface area contributed by atoms with Gasteiger partial charge in [-0.1, -0.05) is 0 Å². The summed E-state index contributed by atoms with van der Waals surface area (Å²) in [6.45, 7) is 3.27. The first-order valence-corrected chi connectivity index (χ1v) is 4.59. The summed E-state index contributed by atoms with van der Waals surface area (Å²) >= 11 is 0. The van der Waals surface area contributed by atoms with Crippen LogP contribution in [0.25, 0.3) is 0 Å². The van der Waals surface area contributed by atoms with Crippen molar-refractivity contribution in [2.75, 3.05) is 38.3 Å². The van der Waals surface area contributed by atoms with Crippen LogP contribution in [0.4, 0.5) is 5.82 Å². The number of morpholine rings is 1. The topological polar surface area (TPSA) is 47.5 Å². The van der Waals surface area contributed by atoms with Crippen LogP contribution in [0.5, 0.6) is 5.88 Å². The standard InChI is InChI=1S/C9H13N3O2/c1-13-9-7-10-8(6-11-9)12-2-4-14-5-3-12/h6-7H,2-5H2,1H3. The second-order valence-corrected chi connectivity index (χ2v) is 3.02. The van der Waals surface area contributed by atoms with Crippen LogP contribution in [0.3, 0.4) is 0 Å². The third-order valence-electron chi connectivity index (χ3n) is 2.16. The Hall–Kier alpha value is -1.36. The van der Waals surface area contributed by atoms with Crippen molar-refractivity contribution in [3.05, 3.63) is 12.4 Å². The molecule has 1 aromatic heterocycles. The molecule has 76 valence electrons. The lowest BCUT2D eigenvalue weighted by Crippen LogP contribution is -2.36. The van der Waals surface area contributed by atoms with E-state index in [1.807, 2.05) is 0 Å². The Morgan fingerprint density at radius 3 is 2.64 bits per heavy atom. The maximum Gasteiger partial charge on any atom is 0.232 e. The van der Waals surface area contributed by atoms with Crippen molar-refractivity contribution in [2.45, 2.75) is 0 Å². The molecule has 0 aromatic carbocycles. The lowest BCUT2D eigenvalue weighted by molar-refractivity contribution is 0.122. The fourth-order valence-electron chi connectivity index (χ4n) is 1.37. The summed E-state index contributed by atoms with van der Waals surface area (Å²) in [6.07, 6.45) is 3.36. The van der Waals surface area contributed by atoms with E-state index >= 15 is 0 Å². The zero-order chi connectivity index (χ0) is 9.80. The minimum atomic E-state index is 0.544. The molecule has 1 aliphatic rings. The predicted octanol–water partition coefficient (Wildman–Crippen LogP) is 0.322. The largest absolute Gasteiger partial charge is 0.480 e. The van der Waals surface area contributed by atoms with Crippen LogP contribution in [0.15, 0.2) is 12.4 Å². The van der Waals surface area contributed by atoms with E-state index in [0.717, 1.165) is 32.1 Å². The van der Waals surface area contributed by atoms with Crippen LogP contribution in [0.2, 0.25) is 0 Å². The molecule has 1 saturated heterocycles. The fourth-order valence-corrected chi connectivity index (χ4v) is 1.37. The van der Waals surface area contributed by atoms with E-state index in [4.69, 9.17) is 9.47 Å². The molecule has 5 nitrogen and oxygen atoms in total. The van der Waals surface area contributed by atoms with Gasteiger partial charge in [0.05, 0.1) is 32.7 Å². The zero-order valence-corrected chi connectivity index (χ0v) is 8.14. The maximum absolute atomic E-state index is 5.25. The molecule has 0 amide bonds. The first-order valence-electron chi connectivity index (χ1n) is 4.59. The van der Waals surface area contributed by atoms with E-state index in [2.05, 4.69) is 14.9 Å². The van der Waals surface area contributed by atoms with Crippen LogP contribution in [0, 0.1) is 0 Å². The lowest BCUT2D eigenvalue weighted by Gasteiger charge is -2.27. The molecule has 0 atom stereocenters. The van der Waals surface area contributed by atoms with Gasteiger partial charge in [0, 0.05) is 13.1 Å². The van der Waals surface area contributed by atoms with Gasteiger partial charge in [-0.2, -0.15) is 0 Å². The van der Waals surface area contributed by atoms with Crippen LogP contribution < -0.4 is 9.64 Å². The molecular weight excluding hydrogens is 182 g/mol. The average Bonchev–Trinajstić information content (AvgIpc) is 2.30. The minimum Gasteiger partial charge on any atom is -0.480 e. The van der Waals surface area contributed by atoms with E-state index < -0.39 is 0 Å². The van der Waals surface area contributed by atoms with E-state index in [0.29, 0.717) is 5.88 Å². The third kappa shape index (κ3) is 1.93. The number of anilines is 1. The van der Waals surface area contributed by atoms with Gasteiger partial charge in [0.2, 0.25) is 5.88 Å². The fraction of sp³-hybridized carbons (Fsp3) is 0.556. The van der Waals surface area contributed by atoms with Gasteiger partial charge in [-0.3, -0.25) is 0 Å². The van der Waals surface area contributed by atoms with Crippen molar-refractivity contribution in [1.29, 1.82) is 0 Å². The number of hydrogen-bond donors (Lipinski definition) is 0. The molecule has 0 aliphatic carbocycles. The Morgan fingerprint density at radius 1 is 1.29 bits per heavy atom. The van der Waals surface area contributed by atoms with Gasteiger partial charge in [0.1, 0.15) is 5.82 Å². The molecule has 2 rings (SSSR count). The SMILES string of the molecule is COc1cnc(N2CCOCC2)cn1. The smallest absolute Gasteiger partial charge is 0.232 e. The quantitative estimate of drug-likeness (QED) is 0.680. The number of ether oxygens (including phenoxy) is 2. The summed E-state index contributed by atoms with van der Waals surface area (Å²) in [6, 6.07) is 0. The van der Waals surface area contributed by atoms with Crippen LogP contribution in [-0.2, 0) is 4.74 Å². The van der Waals surface area contributed by atoms with Crippen molar-refractivity contribution in [2.24, 2.45) is 0 Å². The van der Waals surface area contributed by atoms with Gasteiger partial charge < -0.3 is 14.4 Å². The van der Waals surface area contributed by atoms with Gasteiger partial charge in [0.25, 0.3) is 0 Å². The van der Waals surface area contributed by atoms with E-state index in [1.165, 1.54) is 0 Å². The van der Waals surface area contributed by atoms with Crippen LogP contribution in [-0.4, -0.2) is 43.4 Å². The Bertz CT molecular complexity index is 283. The average molecular weight is 195 g/mol. The molecular formula is C9H13N3O2. The molecule has 1 fully saturated rings. The maximum atomic E-state index is 5.25. The monoisotopic (exact) mass is 195 g/mol. The van der Waals surface area contributed by atoms with Crippen molar-refractivity contribution in [1.82, 2.24) is 9.97 Å². The van der Waals surface area contributed by atoms with Gasteiger partial charge in [-0.15, -0.1) is 0 Å². The summed E-state index contributed by atoms with van der Waals surface area (Å²) in [5.74, 6) is 1.43. The molecule has 2 heterocycles. The number of hydrogen-bond acceptors (Lipinski definition) is 5. The first-order chi connectivity index (χ1) is 6.90. The highest BCUT2D eigenvalue weighted by atomic mass is 16.5. The number of aromatic nitrogens is 2. The van der Waals surface area contributed by atoms with E-state index in [9.17, 15) is 0 Å². The van der Waals surface area contributed by atoms with Crippen molar-refractivity contribution in [3.8, 4) is 5.88 Å². The normalized spacial score (nSPS) is 16.8. The highest BCUT2D eigenvalue weighted by Gasteiger charge is 2.12. The summed E-state index contributed by atoms with van der Waals surface area (Å²) < 4.78 is 10.2. The summed E-state index contributed by atoms with van der Waals surface area (Å²) in [7, 11) is 1.58. The summed E-state index contributed by atoms with van der Waals surface area (Å²) in [5, 5.41) is 0. The predicted molar refractivity (Wildman–Crippen MR) is 51.6 cm³/mol. The molecule has 0 unspecified atom stereocenters. The van der Waals surface area contributed by atoms with Gasteiger partial charge in [-0.05, 0) is 0 Å². The molecule has 1 aliphatic heterocycles. The summed E-state index contributed by atoms with van der Waals surface area (Å²) in [4.78, 5) is 10.5. The van der Waals surface area contributed by atoms with Crippen molar-refractivity contribution >= 4 is 5.82 Å². The van der Waals surface area contributed by atoms with Gasteiger partial charge in [0.15, 0.2) is 0 Å². The minimum absolute atomic E-state index is 0.544. The molecule has 0 spiro atoms. The second-order valence-electron chi connectivity index (χ2n) is 3.02. The Balaban J connectivity index is 2.07. The molecule has 0 N–H and O–H groups in total. The molecule has 1 aromatic rings. The highest BCUT2D eigenvalue weighted by Crippen LogP contribution is 2.12. The molecule has 0 bridgehead atoms. The van der Waals surface area contributed by atoms with Gasteiger partial charge in [-0.25, -0.2) is 9.97 Å². The second kappa shape index (κ2) is 4.23. The highest BCUT2D eigenvalue weighted by molar-refractivity contribution is 5.36.